The fraction of sp³-hybridized carbons (Fsp3) is 0.923. The highest BCUT2D eigenvalue weighted by Gasteiger charge is 2.15. The van der Waals surface area contributed by atoms with E-state index in [-0.39, 0.29) is 5.41 Å². The first-order valence-corrected chi connectivity index (χ1v) is 6.40. The standard InChI is InChI=1S/C13H27N3/c1-5-10-16(6-2)11-9-15-8-7-13(3,4)12-14/h15H,5-11H2,1-4H3. The van der Waals surface area contributed by atoms with Gasteiger partial charge in [-0.1, -0.05) is 13.8 Å². The van der Waals surface area contributed by atoms with Crippen molar-refractivity contribution in [2.75, 3.05) is 32.7 Å². The zero-order chi connectivity index (χ0) is 12.4. The monoisotopic (exact) mass is 225 g/mol. The fourth-order valence-corrected chi connectivity index (χ4v) is 1.56. The molecule has 3 nitrogen and oxygen atoms in total. The highest BCUT2D eigenvalue weighted by molar-refractivity contribution is 4.91. The maximum absolute atomic E-state index is 8.86. The molecule has 0 bridgehead atoms. The highest BCUT2D eigenvalue weighted by atomic mass is 15.1. The van der Waals surface area contributed by atoms with Crippen molar-refractivity contribution in [3.8, 4) is 6.07 Å². The minimum atomic E-state index is -0.194. The molecule has 0 aromatic rings. The highest BCUT2D eigenvalue weighted by Crippen LogP contribution is 2.16. The smallest absolute Gasteiger partial charge is 0.0684 e. The average Bonchev–Trinajstić information content (AvgIpc) is 2.27. The molecule has 0 unspecified atom stereocenters. The van der Waals surface area contributed by atoms with Crippen LogP contribution in [0.15, 0.2) is 0 Å². The van der Waals surface area contributed by atoms with Gasteiger partial charge in [-0.3, -0.25) is 0 Å². The van der Waals surface area contributed by atoms with E-state index in [1.165, 1.54) is 13.0 Å². The van der Waals surface area contributed by atoms with Crippen molar-refractivity contribution in [3.05, 3.63) is 0 Å². The maximum Gasteiger partial charge on any atom is 0.0684 e. The van der Waals surface area contributed by atoms with Gasteiger partial charge in [-0.15, -0.1) is 0 Å². The van der Waals surface area contributed by atoms with Crippen LogP contribution in [-0.2, 0) is 0 Å². The van der Waals surface area contributed by atoms with Crippen molar-refractivity contribution in [1.82, 2.24) is 10.2 Å². The number of likely N-dealkylation sites (N-methyl/N-ethyl adjacent to an activating group) is 1. The predicted molar refractivity (Wildman–Crippen MR) is 69.3 cm³/mol. The van der Waals surface area contributed by atoms with E-state index in [2.05, 4.69) is 30.1 Å². The molecule has 0 amide bonds. The Kier molecular flexibility index (Phi) is 8.23. The van der Waals surface area contributed by atoms with Gasteiger partial charge in [0.15, 0.2) is 0 Å². The van der Waals surface area contributed by atoms with Gasteiger partial charge in [0, 0.05) is 13.1 Å². The molecular formula is C13H27N3. The average molecular weight is 225 g/mol. The summed E-state index contributed by atoms with van der Waals surface area (Å²) in [5, 5.41) is 12.3. The lowest BCUT2D eigenvalue weighted by molar-refractivity contribution is 0.285. The third-order valence-corrected chi connectivity index (χ3v) is 2.82. The third-order valence-electron chi connectivity index (χ3n) is 2.82. The Morgan fingerprint density at radius 3 is 2.38 bits per heavy atom. The molecule has 16 heavy (non-hydrogen) atoms. The Morgan fingerprint density at radius 2 is 1.88 bits per heavy atom. The fourth-order valence-electron chi connectivity index (χ4n) is 1.56. The van der Waals surface area contributed by atoms with Crippen LogP contribution in [0.4, 0.5) is 0 Å². The number of hydrogen-bond donors (Lipinski definition) is 1. The molecule has 0 spiro atoms. The Morgan fingerprint density at radius 1 is 1.19 bits per heavy atom. The normalized spacial score (nSPS) is 11.8. The van der Waals surface area contributed by atoms with Gasteiger partial charge < -0.3 is 10.2 Å². The second-order valence-corrected chi connectivity index (χ2v) is 4.93. The topological polar surface area (TPSA) is 39.1 Å². The van der Waals surface area contributed by atoms with Crippen LogP contribution in [0, 0.1) is 16.7 Å². The van der Waals surface area contributed by atoms with Crippen LogP contribution < -0.4 is 5.32 Å². The van der Waals surface area contributed by atoms with Crippen LogP contribution in [0.25, 0.3) is 0 Å². The summed E-state index contributed by atoms with van der Waals surface area (Å²) in [6, 6.07) is 2.32. The van der Waals surface area contributed by atoms with E-state index in [0.29, 0.717) is 0 Å². The van der Waals surface area contributed by atoms with Crippen LogP contribution in [0.1, 0.15) is 40.5 Å². The summed E-state index contributed by atoms with van der Waals surface area (Å²) in [5.41, 5.74) is -0.194. The Labute approximate surface area is 101 Å². The zero-order valence-electron chi connectivity index (χ0n) is 11.3. The van der Waals surface area contributed by atoms with E-state index in [0.717, 1.165) is 32.6 Å². The second-order valence-electron chi connectivity index (χ2n) is 4.93. The van der Waals surface area contributed by atoms with Crippen LogP contribution in [0.5, 0.6) is 0 Å². The minimum absolute atomic E-state index is 0.194. The van der Waals surface area contributed by atoms with E-state index in [1.807, 2.05) is 13.8 Å². The van der Waals surface area contributed by atoms with E-state index < -0.39 is 0 Å². The van der Waals surface area contributed by atoms with Gasteiger partial charge in [-0.25, -0.2) is 0 Å². The molecule has 0 atom stereocenters. The molecule has 0 radical (unpaired) electrons. The van der Waals surface area contributed by atoms with Gasteiger partial charge in [-0.2, -0.15) is 5.26 Å². The zero-order valence-corrected chi connectivity index (χ0v) is 11.3. The molecule has 0 saturated heterocycles. The van der Waals surface area contributed by atoms with Crippen LogP contribution in [-0.4, -0.2) is 37.6 Å². The summed E-state index contributed by atoms with van der Waals surface area (Å²) in [7, 11) is 0. The van der Waals surface area contributed by atoms with Crippen molar-refractivity contribution in [2.24, 2.45) is 5.41 Å². The van der Waals surface area contributed by atoms with Crippen molar-refractivity contribution in [1.29, 1.82) is 5.26 Å². The Hall–Kier alpha value is -0.590. The Bertz CT molecular complexity index is 206. The van der Waals surface area contributed by atoms with Gasteiger partial charge in [-0.05, 0) is 46.3 Å². The summed E-state index contributed by atoms with van der Waals surface area (Å²) in [4.78, 5) is 2.45. The molecule has 0 aliphatic carbocycles. The van der Waals surface area contributed by atoms with Gasteiger partial charge >= 0.3 is 0 Å². The molecule has 3 heteroatoms. The van der Waals surface area contributed by atoms with Crippen molar-refractivity contribution in [3.63, 3.8) is 0 Å². The minimum Gasteiger partial charge on any atom is -0.315 e. The molecule has 1 N–H and O–H groups in total. The first-order chi connectivity index (χ1) is 7.55. The summed E-state index contributed by atoms with van der Waals surface area (Å²) >= 11 is 0. The lowest BCUT2D eigenvalue weighted by Crippen LogP contribution is -2.33. The summed E-state index contributed by atoms with van der Waals surface area (Å²) < 4.78 is 0. The number of nitrogens with one attached hydrogen (secondary N) is 1. The van der Waals surface area contributed by atoms with E-state index >= 15 is 0 Å². The van der Waals surface area contributed by atoms with Gasteiger partial charge in [0.25, 0.3) is 0 Å². The summed E-state index contributed by atoms with van der Waals surface area (Å²) in [5.74, 6) is 0. The number of hydrogen-bond acceptors (Lipinski definition) is 3. The van der Waals surface area contributed by atoms with E-state index in [9.17, 15) is 0 Å². The molecule has 94 valence electrons. The molecule has 0 heterocycles. The molecule has 0 fully saturated rings. The van der Waals surface area contributed by atoms with E-state index in [4.69, 9.17) is 5.26 Å². The predicted octanol–water partition coefficient (Wildman–Crippen LogP) is 2.25. The second kappa shape index (κ2) is 8.55. The quantitative estimate of drug-likeness (QED) is 0.612. The van der Waals surface area contributed by atoms with Gasteiger partial charge in [0.05, 0.1) is 11.5 Å². The molecule has 0 saturated carbocycles. The maximum atomic E-state index is 8.86. The largest absolute Gasteiger partial charge is 0.315 e. The van der Waals surface area contributed by atoms with Crippen LogP contribution in [0.2, 0.25) is 0 Å². The van der Waals surface area contributed by atoms with Crippen LogP contribution in [0.3, 0.4) is 0 Å². The summed E-state index contributed by atoms with van der Waals surface area (Å²) in [6.07, 6.45) is 2.14. The lowest BCUT2D eigenvalue weighted by Gasteiger charge is -2.20. The van der Waals surface area contributed by atoms with Crippen LogP contribution >= 0.6 is 0 Å². The number of rotatable bonds is 9. The van der Waals surface area contributed by atoms with Gasteiger partial charge in [0.1, 0.15) is 0 Å². The van der Waals surface area contributed by atoms with E-state index in [1.54, 1.807) is 0 Å². The molecule has 0 aromatic heterocycles. The van der Waals surface area contributed by atoms with Crippen molar-refractivity contribution >= 4 is 0 Å². The first kappa shape index (κ1) is 15.4. The summed E-state index contributed by atoms with van der Waals surface area (Å²) in [6.45, 7) is 13.8. The molecule has 0 aliphatic heterocycles. The van der Waals surface area contributed by atoms with Crippen molar-refractivity contribution < 1.29 is 0 Å². The number of nitrogens with zero attached hydrogens (tertiary/aromatic N) is 2. The molecule has 0 aliphatic rings. The Balaban J connectivity index is 3.50. The molecule has 0 aromatic carbocycles. The van der Waals surface area contributed by atoms with Crippen molar-refractivity contribution in [2.45, 2.75) is 40.5 Å². The third kappa shape index (κ3) is 7.67. The molecule has 0 rings (SSSR count). The number of nitriles is 1. The first-order valence-electron chi connectivity index (χ1n) is 6.40. The van der Waals surface area contributed by atoms with Gasteiger partial charge in [0.2, 0.25) is 0 Å². The SMILES string of the molecule is CCCN(CC)CCNCCC(C)(C)C#N. The molecular weight excluding hydrogens is 198 g/mol. The lowest BCUT2D eigenvalue weighted by atomic mass is 9.91.